The van der Waals surface area contributed by atoms with E-state index in [0.29, 0.717) is 0 Å². The van der Waals surface area contributed by atoms with Crippen molar-refractivity contribution in [3.05, 3.63) is 23.2 Å². The SMILES string of the molecule is [2H]c1c2c(c([2H])c(OC)c1OC)C1([2H])N(CC2)C([2H])([2H])C([2H])(C([2H])([2H])C([2H])(C([2H])([2H])[2H])C([2H])([2H])[2H])C([2H])(O)C1([2H])[2H]. The monoisotopic (exact) mass is 337 g/mol. The molecule has 2 heterocycles. The number of hydrogen-bond donors (Lipinski definition) is 1. The van der Waals surface area contributed by atoms with Crippen LogP contribution < -0.4 is 9.47 Å². The van der Waals surface area contributed by atoms with Crippen LogP contribution in [0.4, 0.5) is 0 Å². The Kier molecular flexibility index (Phi) is 1.56. The quantitative estimate of drug-likeness (QED) is 0.917. The van der Waals surface area contributed by atoms with Crippen LogP contribution in [0.1, 0.15) is 68.3 Å². The van der Waals surface area contributed by atoms with Crippen molar-refractivity contribution in [1.29, 1.82) is 0 Å². The average molecular weight is 338 g/mol. The van der Waals surface area contributed by atoms with Gasteiger partial charge in [0.1, 0.15) is 0 Å². The van der Waals surface area contributed by atoms with Gasteiger partial charge < -0.3 is 14.6 Å². The molecule has 2 aliphatic rings. The molecule has 0 spiro atoms. The number of fused-ring (bicyclic) bond motifs is 3. The Hall–Kier alpha value is -1.26. The van der Waals surface area contributed by atoms with Gasteiger partial charge >= 0.3 is 0 Å². The lowest BCUT2D eigenvalue weighted by Crippen LogP contribution is -2.48. The van der Waals surface area contributed by atoms with Gasteiger partial charge in [0.15, 0.2) is 11.5 Å². The summed E-state index contributed by atoms with van der Waals surface area (Å²) < 4.78 is 161. The maximum atomic E-state index is 11.5. The molecule has 1 saturated heterocycles. The Morgan fingerprint density at radius 2 is 2.26 bits per heavy atom. The van der Waals surface area contributed by atoms with Crippen LogP contribution in [0.25, 0.3) is 0 Å². The van der Waals surface area contributed by atoms with Gasteiger partial charge in [-0.25, -0.2) is 0 Å². The molecule has 3 rings (SSSR count). The first kappa shape index (κ1) is 5.37. The summed E-state index contributed by atoms with van der Waals surface area (Å²) in [6.07, 6.45) is -13.5. The highest BCUT2D eigenvalue weighted by atomic mass is 16.5. The van der Waals surface area contributed by atoms with Crippen molar-refractivity contribution in [2.24, 2.45) is 11.8 Å². The first-order valence-electron chi connectivity index (χ1n) is 15.8. The second kappa shape index (κ2) is 6.70. The van der Waals surface area contributed by atoms with E-state index in [4.69, 9.17) is 32.8 Å². The van der Waals surface area contributed by atoms with Gasteiger partial charge in [0, 0.05) is 38.3 Å². The predicted octanol–water partition coefficient (Wildman–Crippen LogP) is 3.03. The predicted molar refractivity (Wildman–Crippen MR) is 91.1 cm³/mol. The summed E-state index contributed by atoms with van der Waals surface area (Å²) in [5.74, 6) is -9.60. The Morgan fingerprint density at radius 1 is 1.52 bits per heavy atom. The Labute approximate surface area is 164 Å². The highest BCUT2D eigenvalue weighted by Crippen LogP contribution is 2.43. The number of methoxy groups -OCH3 is 2. The standard InChI is InChI=1S/C19H29NO3/c1-12(2)7-14-11-20-6-5-13-8-18(22-3)19(23-4)9-15(13)16(20)10-17(14)21/h8-9,12,14,16-17,21H,5-7,10-11H2,1-4H3/i1D3,2D3,7D2,8D,9D,10D2,11D2,12D,14D,16D,17D. The van der Waals surface area contributed by atoms with E-state index in [9.17, 15) is 6.48 Å². The zero-order valence-electron chi connectivity index (χ0n) is 30.6. The number of benzene rings is 1. The second-order valence-electron chi connectivity index (χ2n) is 4.88. The van der Waals surface area contributed by atoms with Crippen LogP contribution in [0.3, 0.4) is 0 Å². The molecule has 1 fully saturated rings. The third kappa shape index (κ3) is 3.20. The fraction of sp³-hybridized carbons (Fsp3) is 0.684. The molecule has 23 heavy (non-hydrogen) atoms. The first-order chi connectivity index (χ1) is 18.1. The van der Waals surface area contributed by atoms with E-state index in [-0.39, 0.29) is 16.2 Å². The minimum absolute atomic E-state index is 0.193. The minimum Gasteiger partial charge on any atom is -0.493 e. The Balaban J connectivity index is 2.54. The molecular formula is C19H29NO3. The number of nitrogens with zero attached hydrogens (tertiary/aromatic N) is 1. The van der Waals surface area contributed by atoms with Gasteiger partial charge in [-0.15, -0.1) is 0 Å². The molecule has 1 aromatic rings. The average Bonchev–Trinajstić information content (AvgIpc) is 2.81. The van der Waals surface area contributed by atoms with Crippen LogP contribution >= 0.6 is 0 Å². The van der Waals surface area contributed by atoms with Gasteiger partial charge in [-0.3, -0.25) is 4.90 Å². The van der Waals surface area contributed by atoms with Crippen LogP contribution in [0.5, 0.6) is 11.5 Å². The molecule has 128 valence electrons. The lowest BCUT2D eigenvalue weighted by molar-refractivity contribution is -0.0191. The largest absolute Gasteiger partial charge is 0.493 e. The van der Waals surface area contributed by atoms with Gasteiger partial charge in [-0.1, -0.05) is 13.7 Å². The fourth-order valence-electron chi connectivity index (χ4n) is 2.47. The number of piperidine rings is 1. The Bertz CT molecular complexity index is 1230. The summed E-state index contributed by atoms with van der Waals surface area (Å²) in [5, 5.41) is 11.5. The zero-order chi connectivity index (χ0) is 32.4. The lowest BCUT2D eigenvalue weighted by Gasteiger charge is -2.46. The molecule has 2 aliphatic heterocycles. The van der Waals surface area contributed by atoms with Crippen molar-refractivity contribution in [1.82, 2.24) is 4.90 Å². The van der Waals surface area contributed by atoms with Crippen LogP contribution in [0.15, 0.2) is 12.1 Å². The van der Waals surface area contributed by atoms with E-state index < -0.39 is 93.2 Å². The molecule has 0 bridgehead atoms. The molecule has 0 aliphatic carbocycles. The van der Waals surface area contributed by atoms with Gasteiger partial charge in [-0.05, 0) is 54.2 Å². The maximum absolute atomic E-state index is 11.5. The van der Waals surface area contributed by atoms with Crippen molar-refractivity contribution in [2.75, 3.05) is 27.3 Å². The van der Waals surface area contributed by atoms with Gasteiger partial charge in [-0.2, -0.15) is 0 Å². The number of rotatable bonds is 4. The molecule has 0 amide bonds. The summed E-state index contributed by atoms with van der Waals surface area (Å²) in [5.41, 5.74) is -0.993. The van der Waals surface area contributed by atoms with E-state index in [1.807, 2.05) is 0 Å². The third-order valence-electron chi connectivity index (χ3n) is 3.48. The van der Waals surface area contributed by atoms with E-state index in [2.05, 4.69) is 0 Å². The summed E-state index contributed by atoms with van der Waals surface area (Å²) in [7, 11) is 2.21. The van der Waals surface area contributed by atoms with E-state index >= 15 is 0 Å². The molecule has 4 nitrogen and oxygen atoms in total. The normalized spacial score (nSPS) is 55.1. The van der Waals surface area contributed by atoms with Crippen molar-refractivity contribution in [3.8, 4) is 11.5 Å². The van der Waals surface area contributed by atoms with Crippen molar-refractivity contribution in [3.63, 3.8) is 0 Å². The second-order valence-corrected chi connectivity index (χ2v) is 4.88. The number of hydrogen-bond acceptors (Lipinski definition) is 4. The summed E-state index contributed by atoms with van der Waals surface area (Å²) in [6.45, 7) is -13.0. The molecule has 0 aromatic heterocycles. The summed E-state index contributed by atoms with van der Waals surface area (Å²) in [4.78, 5) is 0.193. The highest BCUT2D eigenvalue weighted by Gasteiger charge is 2.38. The first-order valence-corrected chi connectivity index (χ1v) is 6.82. The smallest absolute Gasteiger partial charge is 0.161 e. The van der Waals surface area contributed by atoms with Crippen molar-refractivity contribution in [2.45, 2.75) is 45.0 Å². The Morgan fingerprint density at radius 3 is 2.96 bits per heavy atom. The molecule has 3 unspecified atom stereocenters. The number of aliphatic hydroxyl groups is 1. The number of ether oxygens (including phenoxy) is 2. The molecule has 1 aromatic carbocycles. The molecule has 1 N–H and O–H groups in total. The highest BCUT2D eigenvalue weighted by molar-refractivity contribution is 5.49. The zero-order valence-corrected chi connectivity index (χ0v) is 12.6. The van der Waals surface area contributed by atoms with E-state index in [1.54, 1.807) is 0 Å². The third-order valence-corrected chi connectivity index (χ3v) is 3.48. The van der Waals surface area contributed by atoms with E-state index in [0.717, 1.165) is 14.2 Å². The van der Waals surface area contributed by atoms with Gasteiger partial charge in [0.05, 0.1) is 25.8 Å². The summed E-state index contributed by atoms with van der Waals surface area (Å²) >= 11 is 0. The molecular weight excluding hydrogens is 290 g/mol. The van der Waals surface area contributed by atoms with E-state index in [1.165, 1.54) is 0 Å². The van der Waals surface area contributed by atoms with Crippen LogP contribution in [0.2, 0.25) is 0 Å². The van der Waals surface area contributed by atoms with Crippen molar-refractivity contribution < 1.29 is 39.3 Å². The van der Waals surface area contributed by atoms with Crippen LogP contribution in [-0.4, -0.2) is 43.3 Å². The molecule has 3 atom stereocenters. The lowest BCUT2D eigenvalue weighted by atomic mass is 9.79. The van der Waals surface area contributed by atoms with Gasteiger partial charge in [0.2, 0.25) is 0 Å². The fourth-order valence-corrected chi connectivity index (χ4v) is 2.47. The van der Waals surface area contributed by atoms with Crippen LogP contribution in [0, 0.1) is 11.8 Å². The van der Waals surface area contributed by atoms with Gasteiger partial charge in [0.25, 0.3) is 0 Å². The molecule has 4 heteroatoms. The van der Waals surface area contributed by atoms with Crippen LogP contribution in [-0.2, 0) is 6.42 Å². The summed E-state index contributed by atoms with van der Waals surface area (Å²) in [6, 6.07) is -4.66. The topological polar surface area (TPSA) is 41.9 Å². The minimum atomic E-state index is -4.55. The molecule has 0 radical (unpaired) electrons. The maximum Gasteiger partial charge on any atom is 0.161 e. The van der Waals surface area contributed by atoms with Crippen molar-refractivity contribution >= 4 is 0 Å². The molecule has 0 saturated carbocycles.